The summed E-state index contributed by atoms with van der Waals surface area (Å²) >= 11 is 0. The Morgan fingerprint density at radius 1 is 1.42 bits per heavy atom. The third-order valence-electron chi connectivity index (χ3n) is 3.67. The van der Waals surface area contributed by atoms with Gasteiger partial charge in [-0.2, -0.15) is 0 Å². The average Bonchev–Trinajstić information content (AvgIpc) is 2.29. The van der Waals surface area contributed by atoms with E-state index in [1.165, 1.54) is 18.6 Å². The van der Waals surface area contributed by atoms with Gasteiger partial charge in [-0.15, -0.1) is 0 Å². The highest BCUT2D eigenvalue weighted by Gasteiger charge is 2.29. The van der Waals surface area contributed by atoms with Crippen LogP contribution in [0.3, 0.4) is 0 Å². The zero-order valence-corrected chi connectivity index (χ0v) is 11.4. The van der Waals surface area contributed by atoms with Gasteiger partial charge in [-0.3, -0.25) is 4.79 Å². The smallest absolute Gasteiger partial charge is 0.254 e. The number of benzene rings is 1. The summed E-state index contributed by atoms with van der Waals surface area (Å²) < 4.78 is 13.4. The minimum absolute atomic E-state index is 0.0687. The standard InChI is InChI=1S/C15H21FN2O/c1-11-8-12(10-13(16)9-11)15(19)18(7-3-6-17)14-4-2-5-14/h8-10,14H,2-7,17H2,1H3. The van der Waals surface area contributed by atoms with Gasteiger partial charge in [0.25, 0.3) is 5.91 Å². The zero-order chi connectivity index (χ0) is 13.8. The highest BCUT2D eigenvalue weighted by atomic mass is 19.1. The minimum Gasteiger partial charge on any atom is -0.336 e. The van der Waals surface area contributed by atoms with Crippen molar-refractivity contribution in [2.24, 2.45) is 5.73 Å². The van der Waals surface area contributed by atoms with Gasteiger partial charge in [0.05, 0.1) is 0 Å². The molecule has 0 aromatic heterocycles. The Hall–Kier alpha value is -1.42. The number of carbonyl (C=O) groups is 1. The van der Waals surface area contributed by atoms with Crippen LogP contribution in [0.4, 0.5) is 4.39 Å². The van der Waals surface area contributed by atoms with Crippen molar-refractivity contribution >= 4 is 5.91 Å². The second-order valence-electron chi connectivity index (χ2n) is 5.24. The Morgan fingerprint density at radius 2 is 2.16 bits per heavy atom. The molecule has 0 unspecified atom stereocenters. The van der Waals surface area contributed by atoms with Gasteiger partial charge in [0, 0.05) is 18.2 Å². The summed E-state index contributed by atoms with van der Waals surface area (Å²) in [7, 11) is 0. The summed E-state index contributed by atoms with van der Waals surface area (Å²) in [6.07, 6.45) is 4.05. The van der Waals surface area contributed by atoms with Crippen molar-refractivity contribution < 1.29 is 9.18 Å². The topological polar surface area (TPSA) is 46.3 Å². The lowest BCUT2D eigenvalue weighted by Crippen LogP contribution is -2.45. The first-order valence-electron chi connectivity index (χ1n) is 6.90. The third-order valence-corrected chi connectivity index (χ3v) is 3.67. The van der Waals surface area contributed by atoms with Gasteiger partial charge < -0.3 is 10.6 Å². The fourth-order valence-corrected chi connectivity index (χ4v) is 2.44. The molecule has 1 amide bonds. The minimum atomic E-state index is -0.351. The van der Waals surface area contributed by atoms with Crippen molar-refractivity contribution in [2.45, 2.75) is 38.6 Å². The number of nitrogens with zero attached hydrogens (tertiary/aromatic N) is 1. The van der Waals surface area contributed by atoms with Crippen LogP contribution >= 0.6 is 0 Å². The number of rotatable bonds is 5. The fraction of sp³-hybridized carbons (Fsp3) is 0.533. The van der Waals surface area contributed by atoms with E-state index in [0.717, 1.165) is 24.8 Å². The molecule has 1 saturated carbocycles. The normalized spacial score (nSPS) is 15.1. The fourth-order valence-electron chi connectivity index (χ4n) is 2.44. The van der Waals surface area contributed by atoms with Crippen LogP contribution in [-0.4, -0.2) is 29.9 Å². The van der Waals surface area contributed by atoms with Crippen LogP contribution in [0.1, 0.15) is 41.6 Å². The Kier molecular flexibility index (Phi) is 4.53. The number of aryl methyl sites for hydroxylation is 1. The SMILES string of the molecule is Cc1cc(F)cc(C(=O)N(CCCN)C2CCC2)c1. The molecule has 1 aliphatic rings. The van der Waals surface area contributed by atoms with Gasteiger partial charge in [-0.25, -0.2) is 4.39 Å². The molecular weight excluding hydrogens is 243 g/mol. The number of hydrogen-bond donors (Lipinski definition) is 1. The molecule has 104 valence electrons. The Labute approximate surface area is 113 Å². The predicted molar refractivity (Wildman–Crippen MR) is 73.5 cm³/mol. The van der Waals surface area contributed by atoms with Crippen LogP contribution in [-0.2, 0) is 0 Å². The van der Waals surface area contributed by atoms with Gasteiger partial charge in [-0.1, -0.05) is 0 Å². The van der Waals surface area contributed by atoms with Crippen LogP contribution < -0.4 is 5.73 Å². The molecule has 3 nitrogen and oxygen atoms in total. The molecule has 2 rings (SSSR count). The molecule has 1 fully saturated rings. The van der Waals surface area contributed by atoms with E-state index < -0.39 is 0 Å². The van der Waals surface area contributed by atoms with Crippen molar-refractivity contribution in [3.05, 3.63) is 35.1 Å². The summed E-state index contributed by atoms with van der Waals surface area (Å²) in [6.45, 7) is 3.03. The lowest BCUT2D eigenvalue weighted by molar-refractivity contribution is 0.0578. The summed E-state index contributed by atoms with van der Waals surface area (Å²) in [5.74, 6) is -0.420. The molecule has 1 aliphatic carbocycles. The van der Waals surface area contributed by atoms with Gasteiger partial charge in [0.15, 0.2) is 0 Å². The van der Waals surface area contributed by atoms with Crippen LogP contribution in [0, 0.1) is 12.7 Å². The van der Waals surface area contributed by atoms with Gasteiger partial charge in [0.2, 0.25) is 0 Å². The number of amides is 1. The lowest BCUT2D eigenvalue weighted by Gasteiger charge is -2.37. The van der Waals surface area contributed by atoms with E-state index in [4.69, 9.17) is 5.73 Å². The first-order chi connectivity index (χ1) is 9.11. The van der Waals surface area contributed by atoms with Crippen molar-refractivity contribution in [1.82, 2.24) is 4.90 Å². The van der Waals surface area contributed by atoms with Gasteiger partial charge >= 0.3 is 0 Å². The molecule has 4 heteroatoms. The highest BCUT2D eigenvalue weighted by Crippen LogP contribution is 2.26. The Balaban J connectivity index is 2.17. The van der Waals surface area contributed by atoms with Crippen LogP contribution in [0.15, 0.2) is 18.2 Å². The molecular formula is C15H21FN2O. The van der Waals surface area contributed by atoms with E-state index in [2.05, 4.69) is 0 Å². The van der Waals surface area contributed by atoms with Crippen LogP contribution in [0.5, 0.6) is 0 Å². The second-order valence-corrected chi connectivity index (χ2v) is 5.24. The molecule has 0 aliphatic heterocycles. The van der Waals surface area contributed by atoms with E-state index in [1.807, 2.05) is 4.90 Å². The third kappa shape index (κ3) is 3.32. The molecule has 0 bridgehead atoms. The first-order valence-corrected chi connectivity index (χ1v) is 6.90. The molecule has 0 saturated heterocycles. The molecule has 0 radical (unpaired) electrons. The number of hydrogen-bond acceptors (Lipinski definition) is 2. The summed E-state index contributed by atoms with van der Waals surface area (Å²) in [6, 6.07) is 4.82. The van der Waals surface area contributed by atoms with Crippen LogP contribution in [0.25, 0.3) is 0 Å². The lowest BCUT2D eigenvalue weighted by atomic mass is 9.90. The number of carbonyl (C=O) groups excluding carboxylic acids is 1. The molecule has 19 heavy (non-hydrogen) atoms. The van der Waals surface area contributed by atoms with Gasteiger partial charge in [-0.05, 0) is 62.9 Å². The number of nitrogens with two attached hydrogens (primary N) is 1. The number of halogens is 1. The van der Waals surface area contributed by atoms with E-state index >= 15 is 0 Å². The highest BCUT2D eigenvalue weighted by molar-refractivity contribution is 5.94. The van der Waals surface area contributed by atoms with E-state index in [-0.39, 0.29) is 11.7 Å². The monoisotopic (exact) mass is 264 g/mol. The van der Waals surface area contributed by atoms with Crippen molar-refractivity contribution in [1.29, 1.82) is 0 Å². The molecule has 2 N–H and O–H groups in total. The van der Waals surface area contributed by atoms with E-state index in [0.29, 0.717) is 24.7 Å². The quantitative estimate of drug-likeness (QED) is 0.888. The zero-order valence-electron chi connectivity index (χ0n) is 11.4. The predicted octanol–water partition coefficient (Wildman–Crippen LogP) is 2.48. The van der Waals surface area contributed by atoms with Crippen molar-refractivity contribution in [3.8, 4) is 0 Å². The molecule has 0 atom stereocenters. The largest absolute Gasteiger partial charge is 0.336 e. The molecule has 1 aromatic rings. The van der Waals surface area contributed by atoms with E-state index in [1.54, 1.807) is 13.0 Å². The maximum Gasteiger partial charge on any atom is 0.254 e. The maximum absolute atomic E-state index is 13.4. The first kappa shape index (κ1) is 14.0. The van der Waals surface area contributed by atoms with E-state index in [9.17, 15) is 9.18 Å². The molecule has 0 heterocycles. The van der Waals surface area contributed by atoms with Crippen LogP contribution in [0.2, 0.25) is 0 Å². The molecule has 0 spiro atoms. The van der Waals surface area contributed by atoms with Crippen molar-refractivity contribution in [2.75, 3.05) is 13.1 Å². The molecule has 1 aromatic carbocycles. The summed E-state index contributed by atoms with van der Waals surface area (Å²) in [5.41, 5.74) is 6.75. The summed E-state index contributed by atoms with van der Waals surface area (Å²) in [4.78, 5) is 14.4. The second kappa shape index (κ2) is 6.15. The Morgan fingerprint density at radius 3 is 2.68 bits per heavy atom. The average molecular weight is 264 g/mol. The summed E-state index contributed by atoms with van der Waals surface area (Å²) in [5, 5.41) is 0. The maximum atomic E-state index is 13.4. The Bertz CT molecular complexity index is 437. The van der Waals surface area contributed by atoms with Gasteiger partial charge in [0.1, 0.15) is 5.82 Å². The van der Waals surface area contributed by atoms with Crippen molar-refractivity contribution in [3.63, 3.8) is 0 Å².